The van der Waals surface area contributed by atoms with Gasteiger partial charge in [-0.25, -0.2) is 4.98 Å². The highest BCUT2D eigenvalue weighted by Crippen LogP contribution is 2.29. The van der Waals surface area contributed by atoms with Gasteiger partial charge in [-0.2, -0.15) is 4.68 Å². The number of para-hydroxylation sites is 2. The molecule has 0 aliphatic heterocycles. The molecule has 12 nitrogen and oxygen atoms in total. The average molecular weight is 359 g/mol. The predicted octanol–water partition coefficient (Wildman–Crippen LogP) is 1.53. The van der Waals surface area contributed by atoms with Crippen LogP contribution in [0.1, 0.15) is 5.69 Å². The molecule has 26 heavy (non-hydrogen) atoms. The quantitative estimate of drug-likeness (QED) is 0.535. The molecular formula is C14H13N7O5. The van der Waals surface area contributed by atoms with Gasteiger partial charge in [0.25, 0.3) is 5.91 Å². The number of carbonyl (C=O) groups excluding carboxylic acids is 1. The van der Waals surface area contributed by atoms with Gasteiger partial charge in [0.1, 0.15) is 12.2 Å². The number of carbonyl (C=O) groups is 1. The highest BCUT2D eigenvalue weighted by atomic mass is 16.6. The molecule has 0 aliphatic rings. The fourth-order valence-electron chi connectivity index (χ4n) is 2.57. The number of nitrogens with zero attached hydrogens (tertiary/aromatic N) is 6. The van der Waals surface area contributed by atoms with Gasteiger partial charge in [-0.15, -0.1) is 0 Å². The molecule has 0 saturated carbocycles. The normalized spacial score (nSPS) is 10.8. The standard InChI is InChI=1S/C14H13N7O5/c1-8-12(20(23)24)13(21(25)26)17-19(8)7-11(22)16-14-15-9-5-3-4-6-10(9)18(14)2/h3-6H,7H2,1-2H3,(H,15,16,22). The Balaban J connectivity index is 1.86. The van der Waals surface area contributed by atoms with Gasteiger partial charge >= 0.3 is 11.5 Å². The van der Waals surface area contributed by atoms with E-state index in [2.05, 4.69) is 15.4 Å². The highest BCUT2D eigenvalue weighted by Gasteiger charge is 2.35. The molecule has 0 bridgehead atoms. The number of fused-ring (bicyclic) bond motifs is 1. The zero-order valence-corrected chi connectivity index (χ0v) is 13.7. The second-order valence-electron chi connectivity index (χ2n) is 5.46. The number of benzene rings is 1. The first-order valence-electron chi connectivity index (χ1n) is 7.37. The molecule has 1 aromatic carbocycles. The minimum atomic E-state index is -0.953. The first-order chi connectivity index (χ1) is 12.3. The van der Waals surface area contributed by atoms with E-state index in [1.54, 1.807) is 17.7 Å². The van der Waals surface area contributed by atoms with Gasteiger partial charge in [0.05, 0.1) is 21.1 Å². The van der Waals surface area contributed by atoms with E-state index in [1.807, 2.05) is 18.2 Å². The molecule has 134 valence electrons. The number of hydrogen-bond acceptors (Lipinski definition) is 7. The summed E-state index contributed by atoms with van der Waals surface area (Å²) in [5, 5.41) is 28.1. The van der Waals surface area contributed by atoms with Crippen LogP contribution in [-0.4, -0.2) is 35.1 Å². The molecule has 0 saturated heterocycles. The SMILES string of the molecule is Cc1c([N+](=O)[O-])c([N+](=O)[O-])nn1CC(=O)Nc1nc2ccccc2n1C. The fraction of sp³-hybridized carbons (Fsp3) is 0.214. The van der Waals surface area contributed by atoms with Crippen LogP contribution in [0.25, 0.3) is 11.0 Å². The summed E-state index contributed by atoms with van der Waals surface area (Å²) in [6, 6.07) is 7.27. The van der Waals surface area contributed by atoms with E-state index in [0.717, 1.165) is 10.2 Å². The Hall–Kier alpha value is -3.83. The lowest BCUT2D eigenvalue weighted by Crippen LogP contribution is -2.22. The number of amides is 1. The second kappa shape index (κ2) is 6.23. The molecule has 0 radical (unpaired) electrons. The topological polar surface area (TPSA) is 151 Å². The first kappa shape index (κ1) is 17.0. The smallest absolute Gasteiger partial charge is 0.358 e. The minimum absolute atomic E-state index is 0.0816. The molecule has 0 atom stereocenters. The van der Waals surface area contributed by atoms with Crippen LogP contribution in [0.15, 0.2) is 24.3 Å². The third kappa shape index (κ3) is 2.83. The van der Waals surface area contributed by atoms with Crippen molar-refractivity contribution in [3.8, 4) is 0 Å². The molecule has 3 aromatic rings. The van der Waals surface area contributed by atoms with E-state index >= 15 is 0 Å². The molecule has 3 rings (SSSR count). The van der Waals surface area contributed by atoms with Crippen LogP contribution in [0.3, 0.4) is 0 Å². The Morgan fingerprint density at radius 1 is 1.23 bits per heavy atom. The largest absolute Gasteiger partial charge is 0.468 e. The third-order valence-corrected chi connectivity index (χ3v) is 3.84. The van der Waals surface area contributed by atoms with Crippen molar-refractivity contribution in [1.82, 2.24) is 19.3 Å². The van der Waals surface area contributed by atoms with Crippen molar-refractivity contribution < 1.29 is 14.6 Å². The van der Waals surface area contributed by atoms with Gasteiger partial charge in [0.2, 0.25) is 5.95 Å². The van der Waals surface area contributed by atoms with Crippen molar-refractivity contribution in [2.45, 2.75) is 13.5 Å². The maximum Gasteiger partial charge on any atom is 0.468 e. The molecule has 1 amide bonds. The molecule has 2 aromatic heterocycles. The lowest BCUT2D eigenvalue weighted by molar-refractivity contribution is -0.424. The summed E-state index contributed by atoms with van der Waals surface area (Å²) in [6.45, 7) is 0.865. The van der Waals surface area contributed by atoms with E-state index in [9.17, 15) is 25.0 Å². The van der Waals surface area contributed by atoms with Gasteiger partial charge in [-0.1, -0.05) is 12.1 Å². The van der Waals surface area contributed by atoms with Crippen LogP contribution < -0.4 is 5.32 Å². The van der Waals surface area contributed by atoms with Crippen molar-refractivity contribution in [2.24, 2.45) is 7.05 Å². The van der Waals surface area contributed by atoms with E-state index in [1.165, 1.54) is 6.92 Å². The number of aromatic nitrogens is 4. The van der Waals surface area contributed by atoms with Gasteiger partial charge in [0.15, 0.2) is 0 Å². The number of hydrogen-bond donors (Lipinski definition) is 1. The predicted molar refractivity (Wildman–Crippen MR) is 89.6 cm³/mol. The highest BCUT2D eigenvalue weighted by molar-refractivity contribution is 5.91. The lowest BCUT2D eigenvalue weighted by atomic mass is 10.3. The van der Waals surface area contributed by atoms with Crippen LogP contribution in [0, 0.1) is 27.2 Å². The summed E-state index contributed by atoms with van der Waals surface area (Å²) in [5.74, 6) is -1.19. The van der Waals surface area contributed by atoms with Crippen molar-refractivity contribution in [1.29, 1.82) is 0 Å². The van der Waals surface area contributed by atoms with Gasteiger partial charge in [-0.3, -0.25) is 20.2 Å². The van der Waals surface area contributed by atoms with Crippen molar-refractivity contribution in [3.63, 3.8) is 0 Å². The van der Waals surface area contributed by atoms with E-state index in [0.29, 0.717) is 5.52 Å². The van der Waals surface area contributed by atoms with Crippen molar-refractivity contribution >= 4 is 34.4 Å². The van der Waals surface area contributed by atoms with Gasteiger partial charge in [-0.05, 0) is 24.0 Å². The van der Waals surface area contributed by atoms with E-state index in [4.69, 9.17) is 0 Å². The molecule has 0 unspecified atom stereocenters. The summed E-state index contributed by atoms with van der Waals surface area (Å²) < 4.78 is 2.60. The van der Waals surface area contributed by atoms with Crippen LogP contribution in [0.4, 0.5) is 17.5 Å². The summed E-state index contributed by atoms with van der Waals surface area (Å²) in [6.07, 6.45) is 0. The lowest BCUT2D eigenvalue weighted by Gasteiger charge is -2.04. The van der Waals surface area contributed by atoms with Crippen molar-refractivity contribution in [3.05, 3.63) is 50.2 Å². The fourth-order valence-corrected chi connectivity index (χ4v) is 2.57. The maximum atomic E-state index is 12.3. The molecular weight excluding hydrogens is 346 g/mol. The number of rotatable bonds is 5. The third-order valence-electron chi connectivity index (χ3n) is 3.84. The number of anilines is 1. The molecule has 1 N–H and O–H groups in total. The molecule has 12 heteroatoms. The molecule has 2 heterocycles. The molecule has 0 fully saturated rings. The Labute approximate surface area is 145 Å². The van der Waals surface area contributed by atoms with Gasteiger partial charge < -0.3 is 14.7 Å². The maximum absolute atomic E-state index is 12.3. The summed E-state index contributed by atoms with van der Waals surface area (Å²) in [4.78, 5) is 36.6. The van der Waals surface area contributed by atoms with Crippen LogP contribution in [0.2, 0.25) is 0 Å². The molecule has 0 aliphatic carbocycles. The Bertz CT molecular complexity index is 1050. The summed E-state index contributed by atoms with van der Waals surface area (Å²) in [5.41, 5.74) is 0.684. The first-order valence-corrected chi connectivity index (χ1v) is 7.37. The Kier molecular flexibility index (Phi) is 4.08. The van der Waals surface area contributed by atoms with Crippen LogP contribution >= 0.6 is 0 Å². The number of imidazole rings is 1. The number of nitrogens with one attached hydrogen (secondary N) is 1. The monoisotopic (exact) mass is 359 g/mol. The molecule has 0 spiro atoms. The Morgan fingerprint density at radius 2 is 1.92 bits per heavy atom. The zero-order valence-electron chi connectivity index (χ0n) is 13.7. The van der Waals surface area contributed by atoms with Crippen LogP contribution in [-0.2, 0) is 18.4 Å². The minimum Gasteiger partial charge on any atom is -0.358 e. The zero-order chi connectivity index (χ0) is 19.0. The van der Waals surface area contributed by atoms with Gasteiger partial charge in [0, 0.05) is 7.05 Å². The van der Waals surface area contributed by atoms with Crippen LogP contribution in [0.5, 0.6) is 0 Å². The average Bonchev–Trinajstić information content (AvgIpc) is 3.06. The summed E-state index contributed by atoms with van der Waals surface area (Å²) >= 11 is 0. The number of nitro groups is 2. The number of aryl methyl sites for hydroxylation is 1. The van der Waals surface area contributed by atoms with E-state index in [-0.39, 0.29) is 11.6 Å². The second-order valence-corrected chi connectivity index (χ2v) is 5.46. The van der Waals surface area contributed by atoms with E-state index < -0.39 is 33.8 Å². The Morgan fingerprint density at radius 3 is 2.50 bits per heavy atom. The van der Waals surface area contributed by atoms with Crippen molar-refractivity contribution in [2.75, 3.05) is 5.32 Å². The summed E-state index contributed by atoms with van der Waals surface area (Å²) in [7, 11) is 1.72.